The molecule has 122 valence electrons. The molecule has 0 radical (unpaired) electrons. The molecule has 0 aliphatic heterocycles. The lowest BCUT2D eigenvalue weighted by Crippen LogP contribution is -2.26. The summed E-state index contributed by atoms with van der Waals surface area (Å²) in [5.41, 5.74) is 0.364. The summed E-state index contributed by atoms with van der Waals surface area (Å²) < 4.78 is 1.20. The van der Waals surface area contributed by atoms with Crippen LogP contribution in [0, 0.1) is 0 Å². The molecule has 2 aromatic carbocycles. The minimum absolute atomic E-state index is 0.0605. The number of aromatic nitrogens is 4. The predicted octanol–water partition coefficient (Wildman–Crippen LogP) is 1.99. The van der Waals surface area contributed by atoms with Crippen LogP contribution in [0.15, 0.2) is 64.2 Å². The molecule has 2 aromatic heterocycles. The maximum atomic E-state index is 12.8. The van der Waals surface area contributed by atoms with Crippen molar-refractivity contribution in [1.29, 1.82) is 0 Å². The minimum Gasteiger partial charge on any atom is -0.507 e. The Labute approximate surface area is 140 Å². The highest BCUT2D eigenvalue weighted by Gasteiger charge is 2.12. The van der Waals surface area contributed by atoms with Crippen LogP contribution < -0.4 is 11.1 Å². The molecule has 0 aliphatic rings. The first kappa shape index (κ1) is 14.8. The summed E-state index contributed by atoms with van der Waals surface area (Å²) in [6.45, 7) is 0. The molecule has 0 amide bonds. The number of nitrogens with one attached hydrogen (secondary N) is 1. The fourth-order valence-corrected chi connectivity index (χ4v) is 2.63. The van der Waals surface area contributed by atoms with E-state index in [0.717, 1.165) is 0 Å². The Hall–Kier alpha value is -3.74. The maximum absolute atomic E-state index is 12.8. The highest BCUT2D eigenvalue weighted by atomic mass is 16.3. The number of aliphatic hydroxyl groups is 1. The molecule has 0 fully saturated rings. The van der Waals surface area contributed by atoms with Gasteiger partial charge in [0.25, 0.3) is 11.1 Å². The molecule has 2 N–H and O–H groups in total. The van der Waals surface area contributed by atoms with Crippen molar-refractivity contribution in [3.8, 4) is 0 Å². The second-order valence-corrected chi connectivity index (χ2v) is 5.42. The number of H-pyrrole nitrogens is 1. The number of hydrogen-bond acceptors (Lipinski definition) is 5. The zero-order valence-corrected chi connectivity index (χ0v) is 12.9. The SMILES string of the molecule is O=c1[nH]c2ccccc2n2c(=O)c(/C=C(\O)c3ccccc3)nnc12. The van der Waals surface area contributed by atoms with Crippen molar-refractivity contribution < 1.29 is 5.11 Å². The molecule has 0 saturated carbocycles. The largest absolute Gasteiger partial charge is 0.507 e. The lowest BCUT2D eigenvalue weighted by molar-refractivity contribution is 0.515. The highest BCUT2D eigenvalue weighted by molar-refractivity contribution is 5.78. The van der Waals surface area contributed by atoms with Gasteiger partial charge in [-0.1, -0.05) is 42.5 Å². The first-order valence-corrected chi connectivity index (χ1v) is 7.52. The van der Waals surface area contributed by atoms with Crippen molar-refractivity contribution in [3.63, 3.8) is 0 Å². The summed E-state index contributed by atoms with van der Waals surface area (Å²) in [5.74, 6) is -0.110. The normalized spacial score (nSPS) is 11.9. The monoisotopic (exact) mass is 332 g/mol. The quantitative estimate of drug-likeness (QED) is 0.432. The van der Waals surface area contributed by atoms with Crippen molar-refractivity contribution in [2.75, 3.05) is 0 Å². The minimum atomic E-state index is -0.533. The summed E-state index contributed by atoms with van der Waals surface area (Å²) in [5, 5.41) is 17.9. The molecule has 0 saturated heterocycles. The van der Waals surface area contributed by atoms with Crippen LogP contribution in [0.3, 0.4) is 0 Å². The van der Waals surface area contributed by atoms with Crippen LogP contribution in [-0.2, 0) is 0 Å². The van der Waals surface area contributed by atoms with Gasteiger partial charge in [0.05, 0.1) is 11.0 Å². The average Bonchev–Trinajstić information content (AvgIpc) is 2.64. The second-order valence-electron chi connectivity index (χ2n) is 5.42. The molecule has 0 atom stereocenters. The van der Waals surface area contributed by atoms with Gasteiger partial charge in [-0.05, 0) is 12.1 Å². The van der Waals surface area contributed by atoms with Crippen molar-refractivity contribution in [3.05, 3.63) is 86.6 Å². The molecule has 7 heteroatoms. The highest BCUT2D eigenvalue weighted by Crippen LogP contribution is 2.13. The van der Waals surface area contributed by atoms with Gasteiger partial charge >= 0.3 is 0 Å². The number of rotatable bonds is 2. The maximum Gasteiger partial charge on any atom is 0.294 e. The van der Waals surface area contributed by atoms with E-state index in [0.29, 0.717) is 16.6 Å². The predicted molar refractivity (Wildman–Crippen MR) is 94.3 cm³/mol. The Morgan fingerprint density at radius 1 is 1.00 bits per heavy atom. The fraction of sp³-hybridized carbons (Fsp3) is 0. The van der Waals surface area contributed by atoms with Crippen LogP contribution in [0.25, 0.3) is 28.5 Å². The van der Waals surface area contributed by atoms with E-state index in [1.807, 2.05) is 6.07 Å². The van der Waals surface area contributed by atoms with Crippen LogP contribution >= 0.6 is 0 Å². The van der Waals surface area contributed by atoms with Crippen molar-refractivity contribution in [1.82, 2.24) is 19.6 Å². The number of aliphatic hydroxyl groups excluding tert-OH is 1. The van der Waals surface area contributed by atoms with E-state index >= 15 is 0 Å². The number of hydrogen-bond donors (Lipinski definition) is 2. The van der Waals surface area contributed by atoms with E-state index in [1.54, 1.807) is 48.5 Å². The van der Waals surface area contributed by atoms with Crippen LogP contribution in [0.2, 0.25) is 0 Å². The van der Waals surface area contributed by atoms with Crippen molar-refractivity contribution in [2.45, 2.75) is 0 Å². The van der Waals surface area contributed by atoms with E-state index in [2.05, 4.69) is 15.2 Å². The molecule has 4 rings (SSSR count). The zero-order chi connectivity index (χ0) is 17.4. The summed E-state index contributed by atoms with van der Waals surface area (Å²) in [7, 11) is 0. The van der Waals surface area contributed by atoms with Gasteiger partial charge in [-0.3, -0.25) is 14.0 Å². The first-order valence-electron chi connectivity index (χ1n) is 7.52. The molecule has 0 unspecified atom stereocenters. The number of benzene rings is 2. The lowest BCUT2D eigenvalue weighted by Gasteiger charge is -2.05. The van der Waals surface area contributed by atoms with Crippen LogP contribution in [-0.4, -0.2) is 24.7 Å². The Bertz CT molecular complexity index is 1240. The van der Waals surface area contributed by atoms with Crippen LogP contribution in [0.1, 0.15) is 11.3 Å². The van der Waals surface area contributed by atoms with E-state index < -0.39 is 11.1 Å². The Morgan fingerprint density at radius 2 is 1.72 bits per heavy atom. The molecule has 4 aromatic rings. The molecule has 0 spiro atoms. The standard InChI is InChI=1S/C18H12N4O3/c23-15(11-6-2-1-3-7-11)10-13-18(25)22-14-9-5-4-8-12(14)19-17(24)16(22)21-20-13/h1-10,23H,(H,19,24)/b15-10-. The Balaban J connectivity index is 2.02. The van der Waals surface area contributed by atoms with Crippen LogP contribution in [0.5, 0.6) is 0 Å². The Kier molecular flexibility index (Phi) is 3.39. The Morgan fingerprint density at radius 3 is 2.52 bits per heavy atom. The van der Waals surface area contributed by atoms with E-state index in [4.69, 9.17) is 0 Å². The third-order valence-corrected chi connectivity index (χ3v) is 3.83. The van der Waals surface area contributed by atoms with Gasteiger partial charge < -0.3 is 10.1 Å². The van der Waals surface area contributed by atoms with Gasteiger partial charge in [-0.15, -0.1) is 10.2 Å². The summed E-state index contributed by atoms with van der Waals surface area (Å²) in [6, 6.07) is 15.7. The van der Waals surface area contributed by atoms with Crippen molar-refractivity contribution >= 4 is 28.5 Å². The van der Waals surface area contributed by atoms with Gasteiger partial charge in [-0.2, -0.15) is 0 Å². The summed E-state index contributed by atoms with van der Waals surface area (Å²) in [6.07, 6.45) is 1.24. The second kappa shape index (κ2) is 5.72. The third kappa shape index (κ3) is 2.47. The third-order valence-electron chi connectivity index (χ3n) is 3.83. The molecule has 0 bridgehead atoms. The number of para-hydroxylation sites is 2. The summed E-state index contributed by atoms with van der Waals surface area (Å²) in [4.78, 5) is 27.6. The van der Waals surface area contributed by atoms with Gasteiger partial charge in [0, 0.05) is 11.6 Å². The number of aromatic amines is 1. The van der Waals surface area contributed by atoms with E-state index in [1.165, 1.54) is 10.5 Å². The van der Waals surface area contributed by atoms with Gasteiger partial charge in [0.1, 0.15) is 5.76 Å². The molecule has 25 heavy (non-hydrogen) atoms. The molecule has 2 heterocycles. The molecule has 0 aliphatic carbocycles. The average molecular weight is 332 g/mol. The van der Waals surface area contributed by atoms with Gasteiger partial charge in [0.15, 0.2) is 5.69 Å². The number of fused-ring (bicyclic) bond motifs is 3. The molecular formula is C18H12N4O3. The first-order chi connectivity index (χ1) is 12.1. The molecule has 7 nitrogen and oxygen atoms in total. The van der Waals surface area contributed by atoms with E-state index in [-0.39, 0.29) is 17.1 Å². The van der Waals surface area contributed by atoms with Crippen molar-refractivity contribution in [2.24, 2.45) is 0 Å². The summed E-state index contributed by atoms with van der Waals surface area (Å²) >= 11 is 0. The zero-order valence-electron chi connectivity index (χ0n) is 12.9. The van der Waals surface area contributed by atoms with E-state index in [9.17, 15) is 14.7 Å². The van der Waals surface area contributed by atoms with Gasteiger partial charge in [-0.25, -0.2) is 0 Å². The smallest absolute Gasteiger partial charge is 0.294 e. The van der Waals surface area contributed by atoms with Crippen LogP contribution in [0.4, 0.5) is 0 Å². The lowest BCUT2D eigenvalue weighted by atomic mass is 10.1. The number of nitrogens with zero attached hydrogens (tertiary/aromatic N) is 3. The van der Waals surface area contributed by atoms with Gasteiger partial charge in [0.2, 0.25) is 5.65 Å². The molecular weight excluding hydrogens is 320 g/mol. The fourth-order valence-electron chi connectivity index (χ4n) is 2.63. The topological polar surface area (TPSA) is 100 Å².